The topological polar surface area (TPSA) is 0 Å². The van der Waals surface area contributed by atoms with Gasteiger partial charge in [0.25, 0.3) is 0 Å². The van der Waals surface area contributed by atoms with E-state index in [1.165, 1.54) is 66.1 Å². The van der Waals surface area contributed by atoms with Gasteiger partial charge in [0.15, 0.2) is 0 Å². The normalized spacial score (nSPS) is 11.6. The minimum atomic E-state index is 0.464. The Labute approximate surface area is 226 Å². The molecule has 186 valence electrons. The minimum Gasteiger partial charge on any atom is -0.0616 e. The monoisotopic (exact) mass is 490 g/mol. The van der Waals surface area contributed by atoms with E-state index < -0.39 is 0 Å². The SMILES string of the molecule is CC(C)c1ccc2ccccc2c1-c1ccc(-c2ccc(-c3c(C(C)C)ccc4ccccc34)cc2)cc1. The van der Waals surface area contributed by atoms with Crippen molar-refractivity contribution < 1.29 is 0 Å². The summed E-state index contributed by atoms with van der Waals surface area (Å²) in [5.41, 5.74) is 10.6. The first kappa shape index (κ1) is 24.2. The molecule has 0 aliphatic carbocycles. The molecule has 0 amide bonds. The molecule has 38 heavy (non-hydrogen) atoms. The quantitative estimate of drug-likeness (QED) is 0.225. The standard InChI is InChI=1S/C38H34/c1-25(2)33-23-21-29-9-5-7-11-35(29)37(33)31-17-13-27(14-18-31)28-15-19-32(20-16-28)38-34(26(3)4)24-22-30-10-6-8-12-36(30)38/h5-26H,1-4H3. The molecule has 0 heterocycles. The molecule has 0 atom stereocenters. The van der Waals surface area contributed by atoms with Crippen molar-refractivity contribution in [2.45, 2.75) is 39.5 Å². The molecule has 0 radical (unpaired) electrons. The summed E-state index contributed by atoms with van der Waals surface area (Å²) in [5, 5.41) is 5.24. The summed E-state index contributed by atoms with van der Waals surface area (Å²) in [6.07, 6.45) is 0. The van der Waals surface area contributed by atoms with Crippen molar-refractivity contribution in [2.75, 3.05) is 0 Å². The van der Waals surface area contributed by atoms with Gasteiger partial charge in [0, 0.05) is 0 Å². The summed E-state index contributed by atoms with van der Waals surface area (Å²) >= 11 is 0. The molecule has 0 bridgehead atoms. The summed E-state index contributed by atoms with van der Waals surface area (Å²) in [5.74, 6) is 0.929. The molecule has 0 fully saturated rings. The zero-order chi connectivity index (χ0) is 26.2. The van der Waals surface area contributed by atoms with Crippen LogP contribution < -0.4 is 0 Å². The average molecular weight is 491 g/mol. The van der Waals surface area contributed by atoms with E-state index in [0.717, 1.165) is 0 Å². The van der Waals surface area contributed by atoms with Crippen molar-refractivity contribution in [1.82, 2.24) is 0 Å². The van der Waals surface area contributed by atoms with E-state index >= 15 is 0 Å². The van der Waals surface area contributed by atoms with Crippen LogP contribution in [-0.4, -0.2) is 0 Å². The fourth-order valence-electron chi connectivity index (χ4n) is 5.84. The molecule has 0 N–H and O–H groups in total. The third-order valence-corrected chi connectivity index (χ3v) is 7.85. The van der Waals surface area contributed by atoms with Gasteiger partial charge in [0.1, 0.15) is 0 Å². The van der Waals surface area contributed by atoms with E-state index in [-0.39, 0.29) is 0 Å². The molecule has 6 aromatic rings. The Morgan fingerprint density at radius 2 is 0.684 bits per heavy atom. The maximum atomic E-state index is 2.30. The van der Waals surface area contributed by atoms with Crippen molar-refractivity contribution in [3.63, 3.8) is 0 Å². The number of fused-ring (bicyclic) bond motifs is 2. The smallest absolute Gasteiger partial charge is 0.00707 e. The van der Waals surface area contributed by atoms with Gasteiger partial charge in [-0.05, 0) is 77.9 Å². The highest BCUT2D eigenvalue weighted by atomic mass is 14.2. The molecule has 0 unspecified atom stereocenters. The van der Waals surface area contributed by atoms with Gasteiger partial charge in [0.2, 0.25) is 0 Å². The van der Waals surface area contributed by atoms with E-state index in [4.69, 9.17) is 0 Å². The van der Waals surface area contributed by atoms with Crippen LogP contribution in [0.3, 0.4) is 0 Å². The van der Waals surface area contributed by atoms with Crippen molar-refractivity contribution >= 4 is 21.5 Å². The zero-order valence-corrected chi connectivity index (χ0v) is 22.7. The lowest BCUT2D eigenvalue weighted by molar-refractivity contribution is 0.871. The Morgan fingerprint density at radius 1 is 0.342 bits per heavy atom. The van der Waals surface area contributed by atoms with Gasteiger partial charge >= 0.3 is 0 Å². The molecule has 6 rings (SSSR count). The second-order valence-electron chi connectivity index (χ2n) is 11.0. The second kappa shape index (κ2) is 9.95. The summed E-state index contributed by atoms with van der Waals surface area (Å²) in [6.45, 7) is 9.13. The van der Waals surface area contributed by atoms with E-state index in [1.54, 1.807) is 0 Å². The van der Waals surface area contributed by atoms with Crippen LogP contribution in [0.2, 0.25) is 0 Å². The highest BCUT2D eigenvalue weighted by Crippen LogP contribution is 2.39. The molecular weight excluding hydrogens is 456 g/mol. The Bertz CT molecular complexity index is 1600. The fourth-order valence-corrected chi connectivity index (χ4v) is 5.84. The van der Waals surface area contributed by atoms with Crippen molar-refractivity contribution in [2.24, 2.45) is 0 Å². The predicted octanol–water partition coefficient (Wildman–Crippen LogP) is 11.2. The maximum absolute atomic E-state index is 2.30. The van der Waals surface area contributed by atoms with Crippen LogP contribution in [0.5, 0.6) is 0 Å². The summed E-state index contributed by atoms with van der Waals surface area (Å²) in [4.78, 5) is 0. The van der Waals surface area contributed by atoms with Crippen molar-refractivity contribution in [1.29, 1.82) is 0 Å². The number of hydrogen-bond donors (Lipinski definition) is 0. The molecule has 0 aliphatic heterocycles. The number of benzene rings is 6. The Hall–Kier alpha value is -4.16. The van der Waals surface area contributed by atoms with Crippen molar-refractivity contribution in [3.05, 3.63) is 132 Å². The third kappa shape index (κ3) is 4.31. The van der Waals surface area contributed by atoms with E-state index in [0.29, 0.717) is 11.8 Å². The minimum absolute atomic E-state index is 0.464. The Morgan fingerprint density at radius 3 is 1.05 bits per heavy atom. The molecule has 0 nitrogen and oxygen atoms in total. The van der Waals surface area contributed by atoms with Crippen LogP contribution >= 0.6 is 0 Å². The molecule has 0 aromatic heterocycles. The maximum Gasteiger partial charge on any atom is -0.00707 e. The Kier molecular flexibility index (Phi) is 6.34. The highest BCUT2D eigenvalue weighted by molar-refractivity contribution is 6.00. The van der Waals surface area contributed by atoms with Crippen LogP contribution in [0.1, 0.15) is 50.7 Å². The van der Waals surface area contributed by atoms with Crippen LogP contribution in [0.25, 0.3) is 54.9 Å². The molecular formula is C38H34. The van der Waals surface area contributed by atoms with E-state index in [2.05, 4.69) is 149 Å². The van der Waals surface area contributed by atoms with Gasteiger partial charge in [-0.2, -0.15) is 0 Å². The van der Waals surface area contributed by atoms with Crippen LogP contribution in [0, 0.1) is 0 Å². The number of rotatable bonds is 5. The average Bonchev–Trinajstić information content (AvgIpc) is 2.96. The molecule has 6 aromatic carbocycles. The molecule has 0 aliphatic rings. The predicted molar refractivity (Wildman–Crippen MR) is 166 cm³/mol. The Balaban J connectivity index is 1.39. The molecule has 0 saturated heterocycles. The first-order valence-corrected chi connectivity index (χ1v) is 13.8. The largest absolute Gasteiger partial charge is 0.0616 e. The fraction of sp³-hybridized carbons (Fsp3) is 0.158. The first-order valence-electron chi connectivity index (χ1n) is 13.8. The summed E-state index contributed by atoms with van der Waals surface area (Å²) in [6, 6.07) is 44.8. The van der Waals surface area contributed by atoms with Gasteiger partial charge in [0.05, 0.1) is 0 Å². The van der Waals surface area contributed by atoms with E-state index in [9.17, 15) is 0 Å². The van der Waals surface area contributed by atoms with Gasteiger partial charge < -0.3 is 0 Å². The van der Waals surface area contributed by atoms with Crippen LogP contribution in [0.4, 0.5) is 0 Å². The molecule has 0 spiro atoms. The molecule has 0 heteroatoms. The summed E-state index contributed by atoms with van der Waals surface area (Å²) in [7, 11) is 0. The lowest BCUT2D eigenvalue weighted by atomic mass is 9.87. The van der Waals surface area contributed by atoms with Gasteiger partial charge in [-0.3, -0.25) is 0 Å². The lowest BCUT2D eigenvalue weighted by Crippen LogP contribution is -1.94. The van der Waals surface area contributed by atoms with E-state index in [1.807, 2.05) is 0 Å². The van der Waals surface area contributed by atoms with Crippen molar-refractivity contribution in [3.8, 4) is 33.4 Å². The number of hydrogen-bond acceptors (Lipinski definition) is 0. The lowest BCUT2D eigenvalue weighted by Gasteiger charge is -2.17. The molecule has 0 saturated carbocycles. The zero-order valence-electron chi connectivity index (χ0n) is 22.7. The van der Waals surface area contributed by atoms with Gasteiger partial charge in [-0.15, -0.1) is 0 Å². The van der Waals surface area contributed by atoms with Crippen LogP contribution in [0.15, 0.2) is 121 Å². The third-order valence-electron chi connectivity index (χ3n) is 7.85. The van der Waals surface area contributed by atoms with Gasteiger partial charge in [-0.1, -0.05) is 149 Å². The second-order valence-corrected chi connectivity index (χ2v) is 11.0. The highest BCUT2D eigenvalue weighted by Gasteiger charge is 2.14. The van der Waals surface area contributed by atoms with Crippen LogP contribution in [-0.2, 0) is 0 Å². The summed E-state index contributed by atoms with van der Waals surface area (Å²) < 4.78 is 0. The first-order chi connectivity index (χ1) is 18.5. The van der Waals surface area contributed by atoms with Gasteiger partial charge in [-0.25, -0.2) is 0 Å².